The quantitative estimate of drug-likeness (QED) is 0.278. The summed E-state index contributed by atoms with van der Waals surface area (Å²) in [5.74, 6) is -3.14. The van der Waals surface area contributed by atoms with Crippen molar-refractivity contribution in [3.63, 3.8) is 0 Å². The molecule has 3 unspecified atom stereocenters. The molecular weight excluding hydrogens is 510 g/mol. The average Bonchev–Trinajstić information content (AvgIpc) is 3.40. The number of alkyl halides is 6. The zero-order valence-electron chi connectivity index (χ0n) is 19.1. The normalized spacial score (nSPS) is 18.7. The van der Waals surface area contributed by atoms with Crippen molar-refractivity contribution in [2.24, 2.45) is 0 Å². The number of nitrogens with one attached hydrogen (secondary N) is 3. The molecule has 1 aliphatic rings. The van der Waals surface area contributed by atoms with Crippen molar-refractivity contribution in [1.82, 2.24) is 10.3 Å². The molecule has 2 aromatic heterocycles. The summed E-state index contributed by atoms with van der Waals surface area (Å²) in [6, 6.07) is 10.4. The van der Waals surface area contributed by atoms with Gasteiger partial charge in [0.2, 0.25) is 5.69 Å². The van der Waals surface area contributed by atoms with Crippen molar-refractivity contribution in [3.8, 4) is 0 Å². The van der Waals surface area contributed by atoms with Crippen LogP contribution in [-0.4, -0.2) is 53.5 Å². The van der Waals surface area contributed by atoms with Crippen LogP contribution in [0.25, 0.3) is 5.52 Å². The molecule has 14 heteroatoms. The fraction of sp³-hybridized carbons (Fsp3) is 0.348. The number of likely N-dealkylation sites (tertiary alicyclic amines) is 1. The van der Waals surface area contributed by atoms with Gasteiger partial charge in [0.25, 0.3) is 5.91 Å². The highest BCUT2D eigenvalue weighted by Crippen LogP contribution is 2.32. The lowest BCUT2D eigenvalue weighted by Gasteiger charge is -2.21. The number of quaternary nitrogens is 1. The van der Waals surface area contributed by atoms with Crippen LogP contribution in [0.2, 0.25) is 0 Å². The molecule has 1 amide bonds. The number of aromatic amines is 1. The van der Waals surface area contributed by atoms with E-state index in [0.29, 0.717) is 30.9 Å². The molecule has 37 heavy (non-hydrogen) atoms. The van der Waals surface area contributed by atoms with Gasteiger partial charge in [-0.05, 0) is 17.7 Å². The predicted octanol–water partition coefficient (Wildman–Crippen LogP) is 0.235. The van der Waals surface area contributed by atoms with Gasteiger partial charge >= 0.3 is 18.2 Å². The first-order valence-corrected chi connectivity index (χ1v) is 11.0. The smallest absolute Gasteiger partial charge is 0.430 e. The van der Waals surface area contributed by atoms with Crippen LogP contribution in [0.4, 0.5) is 26.3 Å². The number of H-pyrrole nitrogens is 1. The van der Waals surface area contributed by atoms with E-state index in [4.69, 9.17) is 9.90 Å². The van der Waals surface area contributed by atoms with Gasteiger partial charge < -0.3 is 25.2 Å². The van der Waals surface area contributed by atoms with Crippen molar-refractivity contribution in [1.29, 1.82) is 0 Å². The molecule has 0 aliphatic carbocycles. The fourth-order valence-corrected chi connectivity index (χ4v) is 3.96. The minimum atomic E-state index is -5.19. The summed E-state index contributed by atoms with van der Waals surface area (Å²) < 4.78 is 74.3. The molecular formula is C23H23F6N4O4+. The van der Waals surface area contributed by atoms with E-state index in [-0.39, 0.29) is 17.4 Å². The minimum absolute atomic E-state index is 0.0300. The molecule has 0 spiro atoms. The molecule has 1 saturated heterocycles. The van der Waals surface area contributed by atoms with Crippen LogP contribution in [0.1, 0.15) is 34.3 Å². The number of aliphatic hydroxyl groups excluding tert-OH is 1. The fourth-order valence-electron chi connectivity index (χ4n) is 3.96. The van der Waals surface area contributed by atoms with Crippen LogP contribution in [0, 0.1) is 0 Å². The number of imidazole rings is 1. The third kappa shape index (κ3) is 7.20. The number of pyridine rings is 1. The molecule has 200 valence electrons. The third-order valence-electron chi connectivity index (χ3n) is 5.64. The number of carbonyl (C=O) groups is 2. The molecule has 1 aromatic carbocycles. The van der Waals surface area contributed by atoms with E-state index in [1.165, 1.54) is 24.3 Å². The average molecular weight is 533 g/mol. The highest BCUT2D eigenvalue weighted by molar-refractivity contribution is 5.98. The number of carboxylic acid groups (broad SMARTS) is 1. The summed E-state index contributed by atoms with van der Waals surface area (Å²) in [6.45, 7) is 1.91. The van der Waals surface area contributed by atoms with Crippen LogP contribution < -0.4 is 19.7 Å². The van der Waals surface area contributed by atoms with Gasteiger partial charge in [0.15, 0.2) is 18.1 Å². The Labute approximate surface area is 206 Å². The SMILES string of the molecule is O=C(NC(c1ccccc1)C(F)(F)F)c1[nH]c(C[NH+]2CCC(O)C2)[n+]2ccccc12.O=C([O-])C(F)(F)F. The Morgan fingerprint density at radius 1 is 1.11 bits per heavy atom. The summed E-state index contributed by atoms with van der Waals surface area (Å²) in [6.07, 6.45) is -7.71. The van der Waals surface area contributed by atoms with Crippen molar-refractivity contribution in [2.75, 3.05) is 13.1 Å². The Morgan fingerprint density at radius 2 is 1.73 bits per heavy atom. The molecule has 0 bridgehead atoms. The second-order valence-corrected chi connectivity index (χ2v) is 8.37. The Bertz CT molecular complexity index is 1230. The summed E-state index contributed by atoms with van der Waals surface area (Å²) in [4.78, 5) is 25.8. The standard InChI is InChI=1S/C21H21F3N4O2.C2HF3O2/c22-21(23,24)19(14-6-2-1-3-7-14)26-20(30)18-16-8-4-5-10-28(16)17(25-18)13-27-11-9-15(29)12-27;3-2(4,5)1(6)7/h1-8,10,15,19,29H,9,11-13H2,(H,26,30);(H,6,7)/p+1. The zero-order chi connectivity index (χ0) is 27.4. The molecule has 8 nitrogen and oxygen atoms in total. The minimum Gasteiger partial charge on any atom is -0.542 e. The number of aliphatic carboxylic acids is 1. The van der Waals surface area contributed by atoms with E-state index in [1.54, 1.807) is 34.9 Å². The number of nitrogens with zero attached hydrogens (tertiary/aromatic N) is 1. The van der Waals surface area contributed by atoms with Gasteiger partial charge in [-0.3, -0.25) is 4.79 Å². The Morgan fingerprint density at radius 3 is 2.27 bits per heavy atom. The van der Waals surface area contributed by atoms with Crippen LogP contribution in [0.3, 0.4) is 0 Å². The number of hydrogen-bond donors (Lipinski definition) is 4. The van der Waals surface area contributed by atoms with Crippen LogP contribution in [0.5, 0.6) is 0 Å². The number of halogens is 6. The molecule has 4 N–H and O–H groups in total. The van der Waals surface area contributed by atoms with Gasteiger partial charge in [0, 0.05) is 6.42 Å². The first-order chi connectivity index (χ1) is 17.3. The molecule has 0 radical (unpaired) electrons. The number of fused-ring (bicyclic) bond motifs is 1. The lowest BCUT2D eigenvalue weighted by Crippen LogP contribution is -3.09. The second kappa shape index (κ2) is 11.2. The highest BCUT2D eigenvalue weighted by atomic mass is 19.4. The lowest BCUT2D eigenvalue weighted by atomic mass is 10.1. The molecule has 1 aliphatic heterocycles. The van der Waals surface area contributed by atoms with Gasteiger partial charge in [-0.2, -0.15) is 30.7 Å². The number of hydrogen-bond acceptors (Lipinski definition) is 4. The lowest BCUT2D eigenvalue weighted by molar-refractivity contribution is -0.908. The van der Waals surface area contributed by atoms with Crippen LogP contribution >= 0.6 is 0 Å². The van der Waals surface area contributed by atoms with E-state index < -0.39 is 30.3 Å². The summed E-state index contributed by atoms with van der Waals surface area (Å²) >= 11 is 0. The van der Waals surface area contributed by atoms with Gasteiger partial charge in [0.1, 0.15) is 18.6 Å². The zero-order valence-corrected chi connectivity index (χ0v) is 19.1. The van der Waals surface area contributed by atoms with Crippen molar-refractivity contribution in [3.05, 3.63) is 71.8 Å². The van der Waals surface area contributed by atoms with Gasteiger partial charge in [-0.15, -0.1) is 0 Å². The Balaban J connectivity index is 0.000000479. The maximum absolute atomic E-state index is 13.7. The van der Waals surface area contributed by atoms with Gasteiger partial charge in [0.05, 0.1) is 12.7 Å². The number of benzene rings is 1. The number of aliphatic hydroxyl groups is 1. The second-order valence-electron chi connectivity index (χ2n) is 8.37. The van der Waals surface area contributed by atoms with Crippen molar-refractivity contribution >= 4 is 17.4 Å². The highest BCUT2D eigenvalue weighted by Gasteiger charge is 2.43. The number of amides is 1. The number of carboxylic acids is 1. The van der Waals surface area contributed by atoms with Gasteiger partial charge in [-0.25, -0.2) is 4.98 Å². The first kappa shape index (κ1) is 27.9. The summed E-state index contributed by atoms with van der Waals surface area (Å²) in [5.41, 5.74) is 0.547. The molecule has 3 atom stereocenters. The number of aromatic nitrogens is 2. The van der Waals surface area contributed by atoms with Crippen LogP contribution in [-0.2, 0) is 11.3 Å². The van der Waals surface area contributed by atoms with E-state index in [0.717, 1.165) is 11.4 Å². The number of rotatable bonds is 5. The van der Waals surface area contributed by atoms with E-state index >= 15 is 0 Å². The summed E-state index contributed by atoms with van der Waals surface area (Å²) in [7, 11) is 0. The third-order valence-corrected chi connectivity index (χ3v) is 5.64. The van der Waals surface area contributed by atoms with E-state index in [2.05, 4.69) is 10.3 Å². The van der Waals surface area contributed by atoms with Crippen molar-refractivity contribution in [2.45, 2.75) is 37.5 Å². The monoisotopic (exact) mass is 533 g/mol. The number of carbonyl (C=O) groups excluding carboxylic acids is 2. The van der Waals surface area contributed by atoms with E-state index in [1.807, 2.05) is 0 Å². The molecule has 4 rings (SSSR count). The predicted molar refractivity (Wildman–Crippen MR) is 113 cm³/mol. The maximum atomic E-state index is 13.7. The first-order valence-electron chi connectivity index (χ1n) is 11.0. The molecule has 1 fully saturated rings. The van der Waals surface area contributed by atoms with E-state index in [9.17, 15) is 36.2 Å². The molecule has 3 aromatic rings. The van der Waals surface area contributed by atoms with Crippen LogP contribution in [0.15, 0.2) is 54.7 Å². The summed E-state index contributed by atoms with van der Waals surface area (Å²) in [5, 5.41) is 20.7. The Kier molecular flexibility index (Phi) is 8.43. The van der Waals surface area contributed by atoms with Gasteiger partial charge in [-0.1, -0.05) is 36.4 Å². The largest absolute Gasteiger partial charge is 0.542 e. The maximum Gasteiger partial charge on any atom is 0.430 e. The van der Waals surface area contributed by atoms with Crippen molar-refractivity contribution < 1.29 is 55.4 Å². The molecule has 3 heterocycles. The molecule has 0 saturated carbocycles. The Hall–Kier alpha value is -3.65. The topological polar surface area (TPSA) is 114 Å².